The zero-order valence-electron chi connectivity index (χ0n) is 14.1. The first-order chi connectivity index (χ1) is 11.2. The number of epoxide rings is 1. The number of unbranched alkanes of at least 4 members (excludes halogenated alkanes) is 1. The summed E-state index contributed by atoms with van der Waals surface area (Å²) in [6, 6.07) is 0. The van der Waals surface area contributed by atoms with Gasteiger partial charge < -0.3 is 9.84 Å². The van der Waals surface area contributed by atoms with Crippen LogP contribution in [0, 0.1) is 30.1 Å². The van der Waals surface area contributed by atoms with E-state index in [9.17, 15) is 4.79 Å². The molecule has 0 spiro atoms. The maximum atomic E-state index is 10.4. The van der Waals surface area contributed by atoms with Crippen LogP contribution in [0.3, 0.4) is 0 Å². The van der Waals surface area contributed by atoms with Gasteiger partial charge in [0.25, 0.3) is 0 Å². The van der Waals surface area contributed by atoms with E-state index in [1.54, 1.807) is 0 Å². The Labute approximate surface area is 139 Å². The molecule has 3 aliphatic rings. The van der Waals surface area contributed by atoms with Crippen molar-refractivity contribution in [2.75, 3.05) is 0 Å². The number of carboxylic acids is 1. The Bertz CT molecular complexity index is 468. The third-order valence-corrected chi connectivity index (χ3v) is 5.55. The molecule has 1 saturated heterocycles. The van der Waals surface area contributed by atoms with Crippen LogP contribution in [0.25, 0.3) is 0 Å². The van der Waals surface area contributed by atoms with Crippen LogP contribution in [0.4, 0.5) is 0 Å². The van der Waals surface area contributed by atoms with Gasteiger partial charge in [-0.3, -0.25) is 4.79 Å². The van der Waals surface area contributed by atoms with Gasteiger partial charge in [0.2, 0.25) is 0 Å². The van der Waals surface area contributed by atoms with Gasteiger partial charge in [-0.1, -0.05) is 31.2 Å². The van der Waals surface area contributed by atoms with Gasteiger partial charge in [-0.15, -0.1) is 0 Å². The van der Waals surface area contributed by atoms with E-state index in [4.69, 9.17) is 9.84 Å². The highest BCUT2D eigenvalue weighted by molar-refractivity contribution is 5.66. The summed E-state index contributed by atoms with van der Waals surface area (Å²) in [5.41, 5.74) is 0. The average Bonchev–Trinajstić information content (AvgIpc) is 3.42. The van der Waals surface area contributed by atoms with Gasteiger partial charge in [-0.2, -0.15) is 0 Å². The Morgan fingerprint density at radius 2 is 2.13 bits per heavy atom. The molecule has 6 atom stereocenters. The van der Waals surface area contributed by atoms with E-state index >= 15 is 0 Å². The molecule has 0 radical (unpaired) electrons. The molecule has 0 aromatic carbocycles. The SMILES string of the molecule is CC[C@H]1C[C@H]1[CH+][C@@H]1C[C@@H]2O[C@@H]2[C@H]1/C=C\C/C=C\CCCC(=O)O. The average molecular weight is 317 g/mol. The number of hydrogen-bond acceptors (Lipinski definition) is 2. The lowest BCUT2D eigenvalue weighted by molar-refractivity contribution is -0.137. The van der Waals surface area contributed by atoms with Crippen LogP contribution in [-0.2, 0) is 9.53 Å². The molecule has 23 heavy (non-hydrogen) atoms. The first-order valence-corrected chi connectivity index (χ1v) is 9.23. The lowest BCUT2D eigenvalue weighted by Crippen LogP contribution is -2.14. The molecule has 2 saturated carbocycles. The summed E-state index contributed by atoms with van der Waals surface area (Å²) in [5.74, 6) is 2.41. The van der Waals surface area contributed by atoms with Crippen LogP contribution in [0.1, 0.15) is 51.9 Å². The van der Waals surface area contributed by atoms with Crippen molar-refractivity contribution in [3.05, 3.63) is 30.7 Å². The molecular formula is C20H29O3+. The molecule has 0 unspecified atom stereocenters. The van der Waals surface area contributed by atoms with Gasteiger partial charge in [0.1, 0.15) is 11.8 Å². The van der Waals surface area contributed by atoms with Gasteiger partial charge in [0.05, 0.1) is 18.6 Å². The molecule has 126 valence electrons. The molecule has 3 rings (SSSR count). The molecule has 3 fully saturated rings. The quantitative estimate of drug-likeness (QED) is 0.281. The number of ether oxygens (including phenoxy) is 1. The number of hydrogen-bond donors (Lipinski definition) is 1. The Hall–Kier alpha value is -1.22. The van der Waals surface area contributed by atoms with Crippen molar-refractivity contribution in [2.24, 2.45) is 23.7 Å². The van der Waals surface area contributed by atoms with E-state index in [1.165, 1.54) is 19.3 Å². The summed E-state index contributed by atoms with van der Waals surface area (Å²) in [7, 11) is 0. The van der Waals surface area contributed by atoms with Crippen molar-refractivity contribution in [1.82, 2.24) is 0 Å². The van der Waals surface area contributed by atoms with E-state index in [2.05, 4.69) is 37.6 Å². The highest BCUT2D eigenvalue weighted by atomic mass is 16.6. The fourth-order valence-electron chi connectivity index (χ4n) is 4.01. The second-order valence-corrected chi connectivity index (χ2v) is 7.30. The van der Waals surface area contributed by atoms with Crippen molar-refractivity contribution in [3.63, 3.8) is 0 Å². The second-order valence-electron chi connectivity index (χ2n) is 7.30. The molecule has 0 amide bonds. The summed E-state index contributed by atoms with van der Waals surface area (Å²) in [4.78, 5) is 10.4. The molecular weight excluding hydrogens is 288 g/mol. The lowest BCUT2D eigenvalue weighted by Gasteiger charge is -2.11. The van der Waals surface area contributed by atoms with Crippen LogP contribution in [0.5, 0.6) is 0 Å². The topological polar surface area (TPSA) is 49.8 Å². The first kappa shape index (κ1) is 16.6. The van der Waals surface area contributed by atoms with Crippen LogP contribution < -0.4 is 0 Å². The Morgan fingerprint density at radius 1 is 1.26 bits per heavy atom. The van der Waals surface area contributed by atoms with Crippen molar-refractivity contribution in [3.8, 4) is 0 Å². The minimum atomic E-state index is -0.707. The van der Waals surface area contributed by atoms with Gasteiger partial charge in [0.15, 0.2) is 0 Å². The fourth-order valence-corrected chi connectivity index (χ4v) is 4.01. The molecule has 0 aromatic rings. The van der Waals surface area contributed by atoms with Crippen LogP contribution in [0.2, 0.25) is 0 Å². The third-order valence-electron chi connectivity index (χ3n) is 5.55. The molecule has 3 heteroatoms. The van der Waals surface area contributed by atoms with Gasteiger partial charge in [0, 0.05) is 24.7 Å². The van der Waals surface area contributed by atoms with Crippen LogP contribution in [-0.4, -0.2) is 23.3 Å². The van der Waals surface area contributed by atoms with Gasteiger partial charge in [-0.25, -0.2) is 0 Å². The number of carbonyl (C=O) groups is 1. The smallest absolute Gasteiger partial charge is 0.303 e. The van der Waals surface area contributed by atoms with E-state index < -0.39 is 5.97 Å². The molecule has 0 aromatic heterocycles. The van der Waals surface area contributed by atoms with Crippen LogP contribution >= 0.6 is 0 Å². The van der Waals surface area contributed by atoms with Crippen LogP contribution in [0.15, 0.2) is 24.3 Å². The van der Waals surface area contributed by atoms with E-state index in [-0.39, 0.29) is 6.42 Å². The highest BCUT2D eigenvalue weighted by Gasteiger charge is 2.60. The van der Waals surface area contributed by atoms with E-state index in [0.717, 1.165) is 37.0 Å². The zero-order chi connectivity index (χ0) is 16.2. The predicted molar refractivity (Wildman–Crippen MR) is 90.8 cm³/mol. The first-order valence-electron chi connectivity index (χ1n) is 9.23. The number of fused-ring (bicyclic) bond motifs is 1. The zero-order valence-corrected chi connectivity index (χ0v) is 14.1. The Kier molecular flexibility index (Phi) is 5.47. The molecule has 1 heterocycles. The largest absolute Gasteiger partial charge is 0.481 e. The monoisotopic (exact) mass is 317 g/mol. The van der Waals surface area contributed by atoms with Gasteiger partial charge >= 0.3 is 5.97 Å². The van der Waals surface area contributed by atoms with E-state index in [0.29, 0.717) is 18.1 Å². The van der Waals surface area contributed by atoms with Gasteiger partial charge in [-0.05, 0) is 32.1 Å². The summed E-state index contributed by atoms with van der Waals surface area (Å²) >= 11 is 0. The standard InChI is InChI=1S/C20H28O3/c1-2-14-11-15(14)12-16-13-18-20(23-18)17(16)9-7-5-3-4-6-8-10-19(21)22/h3-4,7,9,12,14-18,20H,2,5-6,8,10-11,13H2,1H3/p+1/b4-3-,9-7-/t14-,15-,16+,17-,18-,20+/m0/s1. The Balaban J connectivity index is 1.36. The number of carboxylic acid groups (broad SMARTS) is 1. The van der Waals surface area contributed by atoms with Crippen molar-refractivity contribution in [2.45, 2.75) is 64.1 Å². The summed E-state index contributed by atoms with van der Waals surface area (Å²) in [6.07, 6.45) is 19.2. The Morgan fingerprint density at radius 3 is 2.87 bits per heavy atom. The predicted octanol–water partition coefficient (Wildman–Crippen LogP) is 4.40. The van der Waals surface area contributed by atoms with Crippen molar-refractivity contribution in [1.29, 1.82) is 0 Å². The maximum Gasteiger partial charge on any atom is 0.303 e. The molecule has 1 aliphatic heterocycles. The maximum absolute atomic E-state index is 10.4. The van der Waals surface area contributed by atoms with Crippen molar-refractivity contribution < 1.29 is 14.6 Å². The van der Waals surface area contributed by atoms with E-state index in [1.807, 2.05) is 0 Å². The third kappa shape index (κ3) is 4.63. The minimum Gasteiger partial charge on any atom is -0.481 e. The highest BCUT2D eigenvalue weighted by Crippen LogP contribution is 2.53. The second kappa shape index (κ2) is 7.57. The lowest BCUT2D eigenvalue weighted by atomic mass is 9.88. The number of rotatable bonds is 10. The van der Waals surface area contributed by atoms with Crippen molar-refractivity contribution >= 4 is 5.97 Å². The number of aliphatic carboxylic acids is 1. The molecule has 2 aliphatic carbocycles. The molecule has 1 N–H and O–H groups in total. The molecule has 3 nitrogen and oxygen atoms in total. The minimum absolute atomic E-state index is 0.264. The fraction of sp³-hybridized carbons (Fsp3) is 0.700. The summed E-state index contributed by atoms with van der Waals surface area (Å²) in [5, 5.41) is 8.58. The summed E-state index contributed by atoms with van der Waals surface area (Å²) < 4.78 is 5.74. The number of allylic oxidation sites excluding steroid dienone is 3. The molecule has 0 bridgehead atoms. The summed E-state index contributed by atoms with van der Waals surface area (Å²) in [6.45, 7) is 2.30. The normalized spacial score (nSPS) is 38.1.